The molecule has 1 aliphatic rings. The second-order valence-corrected chi connectivity index (χ2v) is 4.48. The van der Waals surface area contributed by atoms with Crippen molar-refractivity contribution in [1.82, 2.24) is 10.6 Å². The third-order valence-corrected chi connectivity index (χ3v) is 3.23. The largest absolute Gasteiger partial charge is 0.416 e. The smallest absolute Gasteiger partial charge is 0.315 e. The fourth-order valence-electron chi connectivity index (χ4n) is 2.29. The molecule has 2 nitrogen and oxygen atoms in total. The van der Waals surface area contributed by atoms with Crippen molar-refractivity contribution in [2.45, 2.75) is 25.6 Å². The number of hydrogen-bond donors (Lipinski definition) is 2. The van der Waals surface area contributed by atoms with Gasteiger partial charge in [-0.25, -0.2) is 0 Å². The van der Waals surface area contributed by atoms with Crippen molar-refractivity contribution < 1.29 is 13.2 Å². The Balaban J connectivity index is 2.29. The number of fused-ring (bicyclic) bond motifs is 1. The quantitative estimate of drug-likeness (QED) is 0.870. The van der Waals surface area contributed by atoms with E-state index < -0.39 is 11.7 Å². The molecule has 0 bridgehead atoms. The first-order valence-corrected chi connectivity index (χ1v) is 6.16. The summed E-state index contributed by atoms with van der Waals surface area (Å²) in [5.74, 6) is 0. The first kappa shape index (κ1) is 13.4. The summed E-state index contributed by atoms with van der Waals surface area (Å²) in [6.07, 6.45) is -3.48. The van der Waals surface area contributed by atoms with Crippen LogP contribution in [0.3, 0.4) is 0 Å². The highest BCUT2D eigenvalue weighted by Gasteiger charge is 2.32. The van der Waals surface area contributed by atoms with Crippen LogP contribution in [-0.2, 0) is 12.6 Å². The van der Waals surface area contributed by atoms with Gasteiger partial charge in [-0.15, -0.1) is 0 Å². The van der Waals surface area contributed by atoms with Crippen molar-refractivity contribution in [3.8, 4) is 0 Å². The van der Waals surface area contributed by atoms with Crippen molar-refractivity contribution in [1.29, 1.82) is 0 Å². The number of likely N-dealkylation sites (N-methyl/N-ethyl adjacent to an activating group) is 1. The molecule has 2 rings (SSSR count). The van der Waals surface area contributed by atoms with Crippen molar-refractivity contribution in [3.05, 3.63) is 34.9 Å². The van der Waals surface area contributed by atoms with Gasteiger partial charge < -0.3 is 10.6 Å². The first-order chi connectivity index (χ1) is 8.52. The molecule has 1 aromatic rings. The van der Waals surface area contributed by atoms with Crippen molar-refractivity contribution >= 4 is 0 Å². The van der Waals surface area contributed by atoms with Crippen LogP contribution in [0.2, 0.25) is 0 Å². The van der Waals surface area contributed by atoms with E-state index in [0.717, 1.165) is 30.6 Å². The minimum Gasteiger partial charge on any atom is -0.315 e. The van der Waals surface area contributed by atoms with Crippen LogP contribution in [0, 0.1) is 0 Å². The second kappa shape index (κ2) is 5.28. The molecule has 18 heavy (non-hydrogen) atoms. The van der Waals surface area contributed by atoms with Gasteiger partial charge in [0, 0.05) is 12.6 Å². The summed E-state index contributed by atoms with van der Waals surface area (Å²) in [7, 11) is 0. The third kappa shape index (κ3) is 2.84. The summed E-state index contributed by atoms with van der Waals surface area (Å²) in [5, 5.41) is 6.43. The number of halogens is 3. The minimum atomic E-state index is -4.27. The van der Waals surface area contributed by atoms with Gasteiger partial charge in [-0.3, -0.25) is 0 Å². The van der Waals surface area contributed by atoms with E-state index in [1.54, 1.807) is 6.07 Å². The molecule has 1 unspecified atom stereocenters. The normalized spacial score (nSPS) is 19.7. The van der Waals surface area contributed by atoms with E-state index >= 15 is 0 Å². The summed E-state index contributed by atoms with van der Waals surface area (Å²) in [4.78, 5) is 0. The maximum Gasteiger partial charge on any atom is 0.416 e. The maximum atomic E-state index is 12.7. The van der Waals surface area contributed by atoms with Crippen LogP contribution in [-0.4, -0.2) is 19.6 Å². The van der Waals surface area contributed by atoms with E-state index in [0.29, 0.717) is 6.54 Å². The number of benzene rings is 1. The SMILES string of the molecule is CCNCC1NCCc2ccc(C(F)(F)F)cc21. The number of alkyl halides is 3. The van der Waals surface area contributed by atoms with Crippen LogP contribution >= 0.6 is 0 Å². The topological polar surface area (TPSA) is 24.1 Å². The lowest BCUT2D eigenvalue weighted by Gasteiger charge is -2.28. The monoisotopic (exact) mass is 258 g/mol. The minimum absolute atomic E-state index is 0.0315. The Morgan fingerprint density at radius 3 is 2.83 bits per heavy atom. The molecule has 1 atom stereocenters. The van der Waals surface area contributed by atoms with Gasteiger partial charge in [-0.2, -0.15) is 13.2 Å². The molecule has 100 valence electrons. The fourth-order valence-corrected chi connectivity index (χ4v) is 2.29. The van der Waals surface area contributed by atoms with Crippen LogP contribution in [0.25, 0.3) is 0 Å². The van der Waals surface area contributed by atoms with Gasteiger partial charge in [0.15, 0.2) is 0 Å². The maximum absolute atomic E-state index is 12.7. The average molecular weight is 258 g/mol. The molecule has 0 aromatic heterocycles. The van der Waals surface area contributed by atoms with Crippen molar-refractivity contribution in [2.24, 2.45) is 0 Å². The lowest BCUT2D eigenvalue weighted by Crippen LogP contribution is -2.37. The molecule has 0 saturated heterocycles. The number of nitrogens with one attached hydrogen (secondary N) is 2. The number of hydrogen-bond acceptors (Lipinski definition) is 2. The molecule has 5 heteroatoms. The molecule has 0 fully saturated rings. The van der Waals surface area contributed by atoms with Gasteiger partial charge in [-0.05, 0) is 42.8 Å². The van der Waals surface area contributed by atoms with E-state index in [9.17, 15) is 13.2 Å². The molecular formula is C13H17F3N2. The fraction of sp³-hybridized carbons (Fsp3) is 0.538. The molecule has 1 heterocycles. The molecule has 0 aliphatic carbocycles. The van der Waals surface area contributed by atoms with E-state index in [1.807, 2.05) is 6.92 Å². The van der Waals surface area contributed by atoms with Gasteiger partial charge in [0.2, 0.25) is 0 Å². The predicted molar refractivity (Wildman–Crippen MR) is 64.4 cm³/mol. The average Bonchev–Trinajstić information content (AvgIpc) is 2.34. The Hall–Kier alpha value is -1.07. The predicted octanol–water partition coefficient (Wildman–Crippen LogP) is 2.50. The zero-order valence-electron chi connectivity index (χ0n) is 10.3. The highest BCUT2D eigenvalue weighted by molar-refractivity contribution is 5.37. The van der Waals surface area contributed by atoms with Crippen molar-refractivity contribution in [3.63, 3.8) is 0 Å². The van der Waals surface area contributed by atoms with Crippen LogP contribution in [0.15, 0.2) is 18.2 Å². The molecule has 0 amide bonds. The van der Waals surface area contributed by atoms with Gasteiger partial charge in [0.25, 0.3) is 0 Å². The molecular weight excluding hydrogens is 241 g/mol. The molecule has 0 radical (unpaired) electrons. The molecule has 1 aromatic carbocycles. The lowest BCUT2D eigenvalue weighted by atomic mass is 9.92. The van der Waals surface area contributed by atoms with E-state index in [2.05, 4.69) is 10.6 Å². The van der Waals surface area contributed by atoms with Crippen LogP contribution in [0.5, 0.6) is 0 Å². The Bertz CT molecular complexity index is 415. The summed E-state index contributed by atoms with van der Waals surface area (Å²) in [5.41, 5.74) is 1.23. The van der Waals surface area contributed by atoms with E-state index in [4.69, 9.17) is 0 Å². The lowest BCUT2D eigenvalue weighted by molar-refractivity contribution is -0.137. The van der Waals surface area contributed by atoms with Gasteiger partial charge in [0.1, 0.15) is 0 Å². The highest BCUT2D eigenvalue weighted by Crippen LogP contribution is 2.33. The Kier molecular flexibility index (Phi) is 3.92. The van der Waals surface area contributed by atoms with Crippen LogP contribution in [0.4, 0.5) is 13.2 Å². The summed E-state index contributed by atoms with van der Waals surface area (Å²) in [6, 6.07) is 4.03. The Morgan fingerprint density at radius 1 is 1.39 bits per heavy atom. The highest BCUT2D eigenvalue weighted by atomic mass is 19.4. The first-order valence-electron chi connectivity index (χ1n) is 6.16. The van der Waals surface area contributed by atoms with E-state index in [-0.39, 0.29) is 6.04 Å². The van der Waals surface area contributed by atoms with Crippen LogP contribution in [0.1, 0.15) is 29.7 Å². The van der Waals surface area contributed by atoms with E-state index in [1.165, 1.54) is 12.1 Å². The molecule has 2 N–H and O–H groups in total. The Labute approximate surface area is 105 Å². The second-order valence-electron chi connectivity index (χ2n) is 4.48. The van der Waals surface area contributed by atoms with Gasteiger partial charge >= 0.3 is 6.18 Å². The van der Waals surface area contributed by atoms with Gasteiger partial charge in [0.05, 0.1) is 5.56 Å². The van der Waals surface area contributed by atoms with Crippen LogP contribution < -0.4 is 10.6 Å². The molecule has 0 saturated carbocycles. The summed E-state index contributed by atoms with van der Waals surface area (Å²) < 4.78 is 38.1. The third-order valence-electron chi connectivity index (χ3n) is 3.23. The zero-order valence-corrected chi connectivity index (χ0v) is 10.3. The Morgan fingerprint density at radius 2 is 2.17 bits per heavy atom. The zero-order chi connectivity index (χ0) is 13.2. The molecule has 0 spiro atoms. The summed E-state index contributed by atoms with van der Waals surface area (Å²) >= 11 is 0. The summed E-state index contributed by atoms with van der Waals surface area (Å²) in [6.45, 7) is 4.27. The molecule has 1 aliphatic heterocycles. The van der Waals surface area contributed by atoms with Crippen molar-refractivity contribution in [2.75, 3.05) is 19.6 Å². The van der Waals surface area contributed by atoms with Gasteiger partial charge in [-0.1, -0.05) is 13.0 Å². The standard InChI is InChI=1S/C13H17F3N2/c1-2-17-8-12-11-7-10(13(14,15)16)4-3-9(11)5-6-18-12/h3-4,7,12,17-18H,2,5-6,8H2,1H3. The number of rotatable bonds is 3.